The molecule has 2 rings (SSSR count). The lowest BCUT2D eigenvalue weighted by Crippen LogP contribution is -2.26. The summed E-state index contributed by atoms with van der Waals surface area (Å²) >= 11 is 5.31. The predicted molar refractivity (Wildman–Crippen MR) is 65.1 cm³/mol. The van der Waals surface area contributed by atoms with Gasteiger partial charge in [-0.1, -0.05) is 6.92 Å². The molecule has 2 unspecified atom stereocenters. The van der Waals surface area contributed by atoms with Gasteiger partial charge in [-0.05, 0) is 38.4 Å². The average molecular weight is 241 g/mol. The van der Waals surface area contributed by atoms with Gasteiger partial charge in [0.25, 0.3) is 0 Å². The minimum absolute atomic E-state index is 0.324. The van der Waals surface area contributed by atoms with Gasteiger partial charge in [-0.3, -0.25) is 5.10 Å². The Morgan fingerprint density at radius 2 is 2.44 bits per heavy atom. The lowest BCUT2D eigenvalue weighted by Gasteiger charge is -2.28. The van der Waals surface area contributed by atoms with Crippen LogP contribution in [0.1, 0.15) is 45.0 Å². The normalized spacial score (nSPS) is 25.9. The van der Waals surface area contributed by atoms with Gasteiger partial charge < -0.3 is 9.30 Å². The maximum atomic E-state index is 5.57. The van der Waals surface area contributed by atoms with E-state index in [1.807, 2.05) is 0 Å². The van der Waals surface area contributed by atoms with Gasteiger partial charge in [-0.2, -0.15) is 5.10 Å². The third kappa shape index (κ3) is 2.35. The first-order chi connectivity index (χ1) is 7.72. The Morgan fingerprint density at radius 3 is 3.12 bits per heavy atom. The van der Waals surface area contributed by atoms with Crippen LogP contribution in [0.25, 0.3) is 0 Å². The van der Waals surface area contributed by atoms with Crippen LogP contribution in [0.3, 0.4) is 0 Å². The van der Waals surface area contributed by atoms with Crippen molar-refractivity contribution in [3.05, 3.63) is 10.6 Å². The SMILES string of the molecule is CCCc1n[nH]c(=S)n1C1CCOC(C)C1. The first kappa shape index (κ1) is 11.8. The second-order valence-corrected chi connectivity index (χ2v) is 4.81. The number of aromatic nitrogens is 3. The zero-order chi connectivity index (χ0) is 11.5. The summed E-state index contributed by atoms with van der Waals surface area (Å²) in [6.45, 7) is 5.11. The highest BCUT2D eigenvalue weighted by Gasteiger charge is 2.23. The number of hydrogen-bond acceptors (Lipinski definition) is 3. The van der Waals surface area contributed by atoms with Crippen LogP contribution in [0.15, 0.2) is 0 Å². The first-order valence-electron chi connectivity index (χ1n) is 5.99. The van der Waals surface area contributed by atoms with E-state index in [1.165, 1.54) is 0 Å². The molecule has 1 fully saturated rings. The topological polar surface area (TPSA) is 42.8 Å². The fourth-order valence-electron chi connectivity index (χ4n) is 2.32. The molecule has 0 aliphatic carbocycles. The summed E-state index contributed by atoms with van der Waals surface area (Å²) in [5.41, 5.74) is 0. The molecule has 16 heavy (non-hydrogen) atoms. The van der Waals surface area contributed by atoms with E-state index < -0.39 is 0 Å². The van der Waals surface area contributed by atoms with E-state index in [2.05, 4.69) is 28.6 Å². The van der Waals surface area contributed by atoms with Crippen LogP contribution < -0.4 is 0 Å². The molecule has 0 saturated carbocycles. The quantitative estimate of drug-likeness (QED) is 0.827. The molecule has 1 saturated heterocycles. The Bertz CT molecular complexity index is 398. The smallest absolute Gasteiger partial charge is 0.195 e. The van der Waals surface area contributed by atoms with Gasteiger partial charge in [-0.15, -0.1) is 0 Å². The van der Waals surface area contributed by atoms with Crippen molar-refractivity contribution in [3.8, 4) is 0 Å². The zero-order valence-corrected chi connectivity index (χ0v) is 10.7. The minimum atomic E-state index is 0.324. The number of hydrogen-bond donors (Lipinski definition) is 1. The van der Waals surface area contributed by atoms with Crippen molar-refractivity contribution in [2.45, 2.75) is 51.7 Å². The number of ether oxygens (including phenoxy) is 1. The first-order valence-corrected chi connectivity index (χ1v) is 6.40. The third-order valence-corrected chi connectivity index (χ3v) is 3.36. The molecule has 0 radical (unpaired) electrons. The van der Waals surface area contributed by atoms with Crippen LogP contribution in [0.4, 0.5) is 0 Å². The van der Waals surface area contributed by atoms with E-state index in [4.69, 9.17) is 17.0 Å². The van der Waals surface area contributed by atoms with Gasteiger partial charge in [0, 0.05) is 19.1 Å². The molecule has 1 aliphatic heterocycles. The van der Waals surface area contributed by atoms with Crippen molar-refractivity contribution in [1.82, 2.24) is 14.8 Å². The second-order valence-electron chi connectivity index (χ2n) is 4.42. The van der Waals surface area contributed by atoms with Crippen molar-refractivity contribution in [2.75, 3.05) is 6.61 Å². The summed E-state index contributed by atoms with van der Waals surface area (Å²) in [6, 6.07) is 0.455. The van der Waals surface area contributed by atoms with E-state index in [0.29, 0.717) is 12.1 Å². The van der Waals surface area contributed by atoms with E-state index >= 15 is 0 Å². The Hall–Kier alpha value is -0.680. The molecule has 90 valence electrons. The van der Waals surface area contributed by atoms with Crippen LogP contribution in [-0.4, -0.2) is 27.5 Å². The summed E-state index contributed by atoms with van der Waals surface area (Å²) in [5, 5.41) is 7.22. The fraction of sp³-hybridized carbons (Fsp3) is 0.818. The Kier molecular flexibility index (Phi) is 3.76. The van der Waals surface area contributed by atoms with E-state index in [-0.39, 0.29) is 0 Å². The van der Waals surface area contributed by atoms with Crippen LogP contribution in [0.2, 0.25) is 0 Å². The van der Waals surface area contributed by atoms with Gasteiger partial charge >= 0.3 is 0 Å². The number of nitrogens with one attached hydrogen (secondary N) is 1. The summed E-state index contributed by atoms with van der Waals surface area (Å²) in [6.07, 6.45) is 4.47. The summed E-state index contributed by atoms with van der Waals surface area (Å²) < 4.78 is 8.51. The molecule has 1 aromatic heterocycles. The van der Waals surface area contributed by atoms with E-state index in [0.717, 1.165) is 42.9 Å². The molecular weight excluding hydrogens is 222 g/mol. The second kappa shape index (κ2) is 5.10. The van der Waals surface area contributed by atoms with Crippen LogP contribution in [0.5, 0.6) is 0 Å². The van der Waals surface area contributed by atoms with Crippen molar-refractivity contribution < 1.29 is 4.74 Å². The number of rotatable bonds is 3. The van der Waals surface area contributed by atoms with Crippen molar-refractivity contribution in [2.24, 2.45) is 0 Å². The molecular formula is C11H19N3OS. The van der Waals surface area contributed by atoms with E-state index in [1.54, 1.807) is 0 Å². The molecule has 0 bridgehead atoms. The van der Waals surface area contributed by atoms with Crippen LogP contribution >= 0.6 is 12.2 Å². The molecule has 0 amide bonds. The van der Waals surface area contributed by atoms with Gasteiger partial charge in [0.1, 0.15) is 5.82 Å². The molecule has 1 aromatic rings. The van der Waals surface area contributed by atoms with Crippen molar-refractivity contribution in [3.63, 3.8) is 0 Å². The third-order valence-electron chi connectivity index (χ3n) is 3.07. The van der Waals surface area contributed by atoms with Gasteiger partial charge in [0.05, 0.1) is 6.10 Å². The van der Waals surface area contributed by atoms with Crippen LogP contribution in [-0.2, 0) is 11.2 Å². The average Bonchev–Trinajstić information content (AvgIpc) is 2.60. The lowest BCUT2D eigenvalue weighted by molar-refractivity contribution is 0.00511. The highest BCUT2D eigenvalue weighted by molar-refractivity contribution is 7.71. The van der Waals surface area contributed by atoms with Gasteiger partial charge in [0.15, 0.2) is 4.77 Å². The summed E-state index contributed by atoms with van der Waals surface area (Å²) in [7, 11) is 0. The highest BCUT2D eigenvalue weighted by atomic mass is 32.1. The summed E-state index contributed by atoms with van der Waals surface area (Å²) in [5.74, 6) is 1.09. The molecule has 4 nitrogen and oxygen atoms in total. The van der Waals surface area contributed by atoms with Crippen molar-refractivity contribution in [1.29, 1.82) is 0 Å². The number of H-pyrrole nitrogens is 1. The molecule has 1 aliphatic rings. The fourth-order valence-corrected chi connectivity index (χ4v) is 2.62. The molecule has 0 spiro atoms. The number of nitrogens with zero attached hydrogens (tertiary/aromatic N) is 2. The zero-order valence-electron chi connectivity index (χ0n) is 9.90. The highest BCUT2D eigenvalue weighted by Crippen LogP contribution is 2.26. The predicted octanol–water partition coefficient (Wildman–Crippen LogP) is 2.63. The molecule has 2 atom stereocenters. The van der Waals surface area contributed by atoms with Gasteiger partial charge in [-0.25, -0.2) is 0 Å². The lowest BCUT2D eigenvalue weighted by atomic mass is 10.0. The largest absolute Gasteiger partial charge is 0.378 e. The standard InChI is InChI=1S/C11H19N3OS/c1-3-4-10-12-13-11(16)14(10)9-5-6-15-8(2)7-9/h8-9H,3-7H2,1-2H3,(H,13,16). The van der Waals surface area contributed by atoms with Crippen molar-refractivity contribution >= 4 is 12.2 Å². The Balaban J connectivity index is 2.24. The maximum absolute atomic E-state index is 5.57. The number of aryl methyl sites for hydroxylation is 1. The molecule has 5 heteroatoms. The Labute approximate surface area is 101 Å². The van der Waals surface area contributed by atoms with E-state index in [9.17, 15) is 0 Å². The molecule has 1 N–H and O–H groups in total. The Morgan fingerprint density at radius 1 is 1.62 bits per heavy atom. The summed E-state index contributed by atoms with van der Waals surface area (Å²) in [4.78, 5) is 0. The molecule has 2 heterocycles. The maximum Gasteiger partial charge on any atom is 0.195 e. The van der Waals surface area contributed by atoms with Crippen LogP contribution in [0, 0.1) is 4.77 Å². The minimum Gasteiger partial charge on any atom is -0.378 e. The number of aromatic amines is 1. The molecule has 0 aromatic carbocycles. The monoisotopic (exact) mass is 241 g/mol. The van der Waals surface area contributed by atoms with Gasteiger partial charge in [0.2, 0.25) is 0 Å².